The number of nitrogens with zero attached hydrogens (tertiary/aromatic N) is 1. The fraction of sp³-hybridized carbons (Fsp3) is 0.750. The Bertz CT molecular complexity index is 511. The fourth-order valence-corrected chi connectivity index (χ4v) is 4.89. The van der Waals surface area contributed by atoms with Crippen LogP contribution >= 0.6 is 27.3 Å². The summed E-state index contributed by atoms with van der Waals surface area (Å²) in [6.07, 6.45) is 4.97. The van der Waals surface area contributed by atoms with Gasteiger partial charge in [-0.15, -0.1) is 11.3 Å². The number of carbonyl (C=O) groups is 1. The first kappa shape index (κ1) is 17.9. The van der Waals surface area contributed by atoms with Crippen molar-refractivity contribution in [2.75, 3.05) is 6.61 Å². The van der Waals surface area contributed by atoms with Crippen molar-refractivity contribution in [1.29, 1.82) is 0 Å². The van der Waals surface area contributed by atoms with Crippen LogP contribution in [0.1, 0.15) is 51.5 Å². The van der Waals surface area contributed by atoms with Crippen LogP contribution in [0.2, 0.25) is 0 Å². The van der Waals surface area contributed by atoms with Gasteiger partial charge in [0.2, 0.25) is 0 Å². The highest BCUT2D eigenvalue weighted by molar-refractivity contribution is 9.11. The molecular weight excluding hydrogens is 366 g/mol. The van der Waals surface area contributed by atoms with Crippen molar-refractivity contribution in [1.82, 2.24) is 4.98 Å². The predicted octanol–water partition coefficient (Wildman–Crippen LogP) is 4.12. The van der Waals surface area contributed by atoms with Crippen LogP contribution in [0.3, 0.4) is 0 Å². The summed E-state index contributed by atoms with van der Waals surface area (Å²) in [5.41, 5.74) is -0.920. The van der Waals surface area contributed by atoms with Crippen LogP contribution in [0, 0.1) is 17.8 Å². The van der Waals surface area contributed by atoms with E-state index in [1.807, 2.05) is 20.8 Å². The molecule has 1 N–H and O–H groups in total. The molecule has 0 aliphatic heterocycles. The van der Waals surface area contributed by atoms with Crippen molar-refractivity contribution in [3.63, 3.8) is 0 Å². The van der Waals surface area contributed by atoms with Gasteiger partial charge in [0.05, 0.1) is 22.5 Å². The maximum absolute atomic E-state index is 11.9. The minimum Gasteiger partial charge on any atom is -0.466 e. The van der Waals surface area contributed by atoms with Crippen LogP contribution in [0.4, 0.5) is 0 Å². The van der Waals surface area contributed by atoms with E-state index in [-0.39, 0.29) is 23.7 Å². The topological polar surface area (TPSA) is 59.4 Å². The Labute approximate surface area is 144 Å². The average molecular weight is 390 g/mol. The monoisotopic (exact) mass is 389 g/mol. The quantitative estimate of drug-likeness (QED) is 0.769. The Balaban J connectivity index is 2.11. The molecule has 1 heterocycles. The molecule has 22 heavy (non-hydrogen) atoms. The molecule has 0 amide bonds. The van der Waals surface area contributed by atoms with Gasteiger partial charge in [-0.2, -0.15) is 0 Å². The lowest BCUT2D eigenvalue weighted by Crippen LogP contribution is -2.42. The number of aromatic nitrogens is 1. The molecule has 0 aromatic carbocycles. The molecule has 1 unspecified atom stereocenters. The molecule has 1 fully saturated rings. The number of rotatable bonds is 5. The Morgan fingerprint density at radius 3 is 2.59 bits per heavy atom. The number of aliphatic hydroxyl groups is 1. The zero-order valence-corrected chi connectivity index (χ0v) is 15.7. The molecule has 0 saturated heterocycles. The molecule has 4 nitrogen and oxygen atoms in total. The molecule has 124 valence electrons. The zero-order valence-electron chi connectivity index (χ0n) is 13.3. The highest BCUT2D eigenvalue weighted by Crippen LogP contribution is 2.46. The predicted molar refractivity (Wildman–Crippen MR) is 90.6 cm³/mol. The first-order valence-electron chi connectivity index (χ1n) is 7.90. The number of halogens is 1. The maximum Gasteiger partial charge on any atom is 0.308 e. The minimum atomic E-state index is -0.920. The van der Waals surface area contributed by atoms with Crippen LogP contribution in [-0.2, 0) is 15.1 Å². The van der Waals surface area contributed by atoms with E-state index in [2.05, 4.69) is 20.9 Å². The Morgan fingerprint density at radius 1 is 1.50 bits per heavy atom. The van der Waals surface area contributed by atoms with Gasteiger partial charge in [-0.1, -0.05) is 13.8 Å². The Hall–Kier alpha value is -0.460. The van der Waals surface area contributed by atoms with Crippen LogP contribution in [0.5, 0.6) is 0 Å². The van der Waals surface area contributed by atoms with Gasteiger partial charge in [-0.05, 0) is 60.4 Å². The fourth-order valence-electron chi connectivity index (χ4n) is 3.36. The van der Waals surface area contributed by atoms with E-state index in [1.165, 1.54) is 11.3 Å². The molecule has 1 aromatic heterocycles. The normalized spacial score (nSPS) is 25.0. The largest absolute Gasteiger partial charge is 0.466 e. The lowest BCUT2D eigenvalue weighted by molar-refractivity contribution is -0.151. The van der Waals surface area contributed by atoms with E-state index in [9.17, 15) is 9.90 Å². The van der Waals surface area contributed by atoms with Crippen LogP contribution in [0.15, 0.2) is 9.98 Å². The Morgan fingerprint density at radius 2 is 2.14 bits per heavy atom. The number of carbonyl (C=O) groups excluding carboxylic acids is 1. The zero-order chi connectivity index (χ0) is 16.3. The van der Waals surface area contributed by atoms with Crippen molar-refractivity contribution in [2.24, 2.45) is 17.8 Å². The molecule has 1 aliphatic carbocycles. The van der Waals surface area contributed by atoms with Crippen molar-refractivity contribution in [3.05, 3.63) is 15.0 Å². The molecule has 1 atom stereocenters. The number of hydrogen-bond acceptors (Lipinski definition) is 5. The summed E-state index contributed by atoms with van der Waals surface area (Å²) in [4.78, 5) is 16.3. The van der Waals surface area contributed by atoms with Crippen molar-refractivity contribution in [3.8, 4) is 0 Å². The first-order valence-corrected chi connectivity index (χ1v) is 9.51. The van der Waals surface area contributed by atoms with Crippen LogP contribution in [-0.4, -0.2) is 22.7 Å². The standard InChI is InChI=1S/C16H24BrNO3S/c1-4-21-14(19)11-5-7-12(8-6-11)16(20,10(2)3)15-18-9-13(17)22-15/h9-12,20H,4-8H2,1-3H3. The third-order valence-corrected chi connectivity index (χ3v) is 6.29. The summed E-state index contributed by atoms with van der Waals surface area (Å²) in [6, 6.07) is 0. The summed E-state index contributed by atoms with van der Waals surface area (Å²) < 4.78 is 6.05. The van der Waals surface area contributed by atoms with Gasteiger partial charge < -0.3 is 9.84 Å². The van der Waals surface area contributed by atoms with E-state index in [0.29, 0.717) is 6.61 Å². The number of hydrogen-bond donors (Lipinski definition) is 1. The summed E-state index contributed by atoms with van der Waals surface area (Å²) >= 11 is 4.92. The third-order valence-electron chi connectivity index (χ3n) is 4.67. The van der Waals surface area contributed by atoms with Crippen LogP contribution in [0.25, 0.3) is 0 Å². The second-order valence-electron chi connectivity index (χ2n) is 6.25. The van der Waals surface area contributed by atoms with E-state index >= 15 is 0 Å². The summed E-state index contributed by atoms with van der Waals surface area (Å²) in [5, 5.41) is 12.1. The smallest absolute Gasteiger partial charge is 0.308 e. The second-order valence-corrected chi connectivity index (χ2v) is 8.66. The van der Waals surface area contributed by atoms with Gasteiger partial charge in [0.25, 0.3) is 0 Å². The SMILES string of the molecule is CCOC(=O)C1CCC(C(O)(c2ncc(Br)s2)C(C)C)CC1. The highest BCUT2D eigenvalue weighted by atomic mass is 79.9. The number of thiazole rings is 1. The van der Waals surface area contributed by atoms with Gasteiger partial charge in [0, 0.05) is 0 Å². The first-order chi connectivity index (χ1) is 10.4. The van der Waals surface area contributed by atoms with Gasteiger partial charge in [-0.3, -0.25) is 4.79 Å². The second kappa shape index (κ2) is 7.41. The van der Waals surface area contributed by atoms with Gasteiger partial charge in [-0.25, -0.2) is 4.98 Å². The van der Waals surface area contributed by atoms with E-state index in [1.54, 1.807) is 6.20 Å². The van der Waals surface area contributed by atoms with E-state index in [0.717, 1.165) is 34.5 Å². The molecule has 2 rings (SSSR count). The van der Waals surface area contributed by atoms with Gasteiger partial charge in [0.1, 0.15) is 10.6 Å². The molecule has 6 heteroatoms. The number of esters is 1. The van der Waals surface area contributed by atoms with Crippen molar-refractivity contribution >= 4 is 33.2 Å². The van der Waals surface area contributed by atoms with Gasteiger partial charge in [0.15, 0.2) is 0 Å². The summed E-state index contributed by atoms with van der Waals surface area (Å²) in [5.74, 6) is 0.104. The lowest BCUT2D eigenvalue weighted by Gasteiger charge is -2.41. The average Bonchev–Trinajstić information content (AvgIpc) is 2.93. The van der Waals surface area contributed by atoms with Gasteiger partial charge >= 0.3 is 5.97 Å². The Kier molecular flexibility index (Phi) is 6.02. The minimum absolute atomic E-state index is 0.0179. The molecule has 1 aliphatic rings. The lowest BCUT2D eigenvalue weighted by atomic mass is 9.69. The summed E-state index contributed by atoms with van der Waals surface area (Å²) in [6.45, 7) is 6.34. The third kappa shape index (κ3) is 3.54. The number of ether oxygens (including phenoxy) is 1. The van der Waals surface area contributed by atoms with Crippen molar-refractivity contribution in [2.45, 2.75) is 52.1 Å². The molecular formula is C16H24BrNO3S. The molecule has 1 aromatic rings. The van der Waals surface area contributed by atoms with E-state index in [4.69, 9.17) is 4.74 Å². The molecule has 1 saturated carbocycles. The maximum atomic E-state index is 11.9. The van der Waals surface area contributed by atoms with Crippen LogP contribution < -0.4 is 0 Å². The summed E-state index contributed by atoms with van der Waals surface area (Å²) in [7, 11) is 0. The van der Waals surface area contributed by atoms with E-state index < -0.39 is 5.60 Å². The molecule has 0 bridgehead atoms. The highest BCUT2D eigenvalue weighted by Gasteiger charge is 2.45. The molecule has 0 radical (unpaired) electrons. The van der Waals surface area contributed by atoms with Crippen molar-refractivity contribution < 1.29 is 14.6 Å². The molecule has 0 spiro atoms.